The monoisotopic (exact) mass is 437 g/mol. The first-order valence-electron chi connectivity index (χ1n) is 8.63. The Bertz CT molecular complexity index is 949. The van der Waals surface area contributed by atoms with E-state index in [1.54, 1.807) is 18.2 Å². The molecule has 0 N–H and O–H groups in total. The number of methoxy groups -OCH3 is 5. The van der Waals surface area contributed by atoms with Crippen LogP contribution in [0.15, 0.2) is 29.7 Å². The van der Waals surface area contributed by atoms with E-state index in [9.17, 15) is 14.3 Å². The molecule has 0 aliphatic heterocycles. The molecule has 0 bridgehead atoms. The van der Waals surface area contributed by atoms with Crippen LogP contribution in [0, 0.1) is 10.1 Å². The van der Waals surface area contributed by atoms with Crippen LogP contribution in [0.4, 0.5) is 5.69 Å². The van der Waals surface area contributed by atoms with E-state index in [0.29, 0.717) is 28.6 Å². The van der Waals surface area contributed by atoms with Crippen LogP contribution in [-0.4, -0.2) is 44.7 Å². The van der Waals surface area contributed by atoms with Crippen molar-refractivity contribution in [2.75, 3.05) is 35.5 Å². The summed E-state index contributed by atoms with van der Waals surface area (Å²) in [5.74, 6) is 1.84. The summed E-state index contributed by atoms with van der Waals surface area (Å²) in [4.78, 5) is 10.9. The summed E-state index contributed by atoms with van der Waals surface area (Å²) in [5, 5.41) is 12.8. The van der Waals surface area contributed by atoms with E-state index in [-0.39, 0.29) is 22.8 Å². The molecular formula is C20H23NO8S. The largest absolute Gasteiger partial charge is 0.493 e. The zero-order valence-corrected chi connectivity index (χ0v) is 18.1. The number of benzene rings is 2. The molecule has 0 fully saturated rings. The Morgan fingerprint density at radius 2 is 1.40 bits per heavy atom. The summed E-state index contributed by atoms with van der Waals surface area (Å²) < 4.78 is 38.7. The van der Waals surface area contributed by atoms with Gasteiger partial charge < -0.3 is 23.7 Å². The van der Waals surface area contributed by atoms with Crippen molar-refractivity contribution < 1.29 is 32.8 Å². The predicted octanol–water partition coefficient (Wildman–Crippen LogP) is 3.56. The molecule has 2 aromatic carbocycles. The van der Waals surface area contributed by atoms with Crippen molar-refractivity contribution in [3.8, 4) is 28.7 Å². The number of rotatable bonds is 10. The van der Waals surface area contributed by atoms with Crippen LogP contribution in [0.1, 0.15) is 11.1 Å². The first kappa shape index (κ1) is 23.0. The second-order valence-corrected chi connectivity index (χ2v) is 7.20. The lowest BCUT2D eigenvalue weighted by atomic mass is 10.2. The minimum Gasteiger partial charge on any atom is -0.493 e. The maximum absolute atomic E-state index is 12.6. The second-order valence-electron chi connectivity index (χ2n) is 5.88. The van der Waals surface area contributed by atoms with Crippen molar-refractivity contribution in [2.24, 2.45) is 0 Å². The van der Waals surface area contributed by atoms with Gasteiger partial charge in [-0.2, -0.15) is 0 Å². The zero-order valence-electron chi connectivity index (χ0n) is 17.3. The third-order valence-corrected chi connectivity index (χ3v) is 5.21. The standard InChI is InChI=1S/C20H23NO8S/c1-25-16-10-14(15(21(22)23)11-17(16)26-2)12-30(24)7-6-13-8-18(27-3)20(29-5)19(9-13)28-4/h6-11H,12H2,1-5H3. The van der Waals surface area contributed by atoms with E-state index >= 15 is 0 Å². The smallest absolute Gasteiger partial charge is 0.277 e. The molecule has 0 radical (unpaired) electrons. The Labute approximate surface area is 176 Å². The summed E-state index contributed by atoms with van der Waals surface area (Å²) in [6.45, 7) is 0. The quantitative estimate of drug-likeness (QED) is 0.410. The highest BCUT2D eigenvalue weighted by atomic mass is 32.2. The molecule has 0 aliphatic rings. The van der Waals surface area contributed by atoms with Gasteiger partial charge in [-0.3, -0.25) is 14.3 Å². The molecule has 1 unspecified atom stereocenters. The van der Waals surface area contributed by atoms with Crippen molar-refractivity contribution in [3.05, 3.63) is 50.9 Å². The molecule has 0 heterocycles. The number of ether oxygens (including phenoxy) is 5. The number of nitro groups is 1. The van der Waals surface area contributed by atoms with Crippen LogP contribution in [0.3, 0.4) is 0 Å². The van der Waals surface area contributed by atoms with E-state index in [4.69, 9.17) is 23.7 Å². The molecule has 0 aliphatic carbocycles. The Kier molecular flexibility index (Phi) is 8.05. The van der Waals surface area contributed by atoms with Gasteiger partial charge in [-0.25, -0.2) is 0 Å². The molecular weight excluding hydrogens is 414 g/mol. The van der Waals surface area contributed by atoms with Gasteiger partial charge in [0, 0.05) is 11.0 Å². The minimum absolute atomic E-state index is 0.0718. The Morgan fingerprint density at radius 1 is 0.867 bits per heavy atom. The lowest BCUT2D eigenvalue weighted by molar-refractivity contribution is -0.385. The fourth-order valence-corrected chi connectivity index (χ4v) is 3.69. The molecule has 0 saturated heterocycles. The van der Waals surface area contributed by atoms with Gasteiger partial charge in [0.15, 0.2) is 23.0 Å². The molecule has 9 nitrogen and oxygen atoms in total. The van der Waals surface area contributed by atoms with E-state index in [0.717, 1.165) is 0 Å². The van der Waals surface area contributed by atoms with Crippen molar-refractivity contribution >= 4 is 22.6 Å². The maximum atomic E-state index is 12.6. The van der Waals surface area contributed by atoms with E-state index in [1.807, 2.05) is 0 Å². The summed E-state index contributed by atoms with van der Waals surface area (Å²) in [6, 6.07) is 6.12. The molecule has 2 rings (SSSR count). The van der Waals surface area contributed by atoms with Crippen LogP contribution in [0.25, 0.3) is 6.08 Å². The molecule has 0 aromatic heterocycles. The van der Waals surface area contributed by atoms with Crippen molar-refractivity contribution in [1.29, 1.82) is 0 Å². The summed E-state index contributed by atoms with van der Waals surface area (Å²) in [5.41, 5.74) is 0.743. The molecule has 2 aromatic rings. The maximum Gasteiger partial charge on any atom is 0.277 e. The SMILES string of the molecule is COc1cc(CS(=O)C=Cc2cc(OC)c(OC)c(OC)c2)c([N+](=O)[O-])cc1OC. The van der Waals surface area contributed by atoms with Gasteiger partial charge in [0.05, 0.1) is 63.1 Å². The van der Waals surface area contributed by atoms with E-state index < -0.39 is 15.7 Å². The summed E-state index contributed by atoms with van der Waals surface area (Å²) in [6.07, 6.45) is 1.62. The highest BCUT2D eigenvalue weighted by molar-refractivity contribution is 7.87. The first-order chi connectivity index (χ1) is 14.4. The van der Waals surface area contributed by atoms with Gasteiger partial charge in [0.1, 0.15) is 0 Å². The van der Waals surface area contributed by atoms with Crippen LogP contribution < -0.4 is 23.7 Å². The molecule has 10 heteroatoms. The topological polar surface area (TPSA) is 106 Å². The molecule has 0 spiro atoms. The zero-order chi connectivity index (χ0) is 22.3. The fourth-order valence-electron chi connectivity index (χ4n) is 2.75. The molecule has 30 heavy (non-hydrogen) atoms. The van der Waals surface area contributed by atoms with E-state index in [1.165, 1.54) is 53.1 Å². The summed E-state index contributed by atoms with van der Waals surface area (Å²) >= 11 is 0. The average Bonchev–Trinajstić information content (AvgIpc) is 2.76. The lowest BCUT2D eigenvalue weighted by Gasteiger charge is -2.12. The van der Waals surface area contributed by atoms with Crippen molar-refractivity contribution in [2.45, 2.75) is 5.75 Å². The number of hydrogen-bond donors (Lipinski definition) is 0. The summed E-state index contributed by atoms with van der Waals surface area (Å²) in [7, 11) is 5.78. The predicted molar refractivity (Wildman–Crippen MR) is 113 cm³/mol. The first-order valence-corrected chi connectivity index (χ1v) is 10.0. The van der Waals surface area contributed by atoms with Gasteiger partial charge >= 0.3 is 0 Å². The average molecular weight is 437 g/mol. The van der Waals surface area contributed by atoms with Gasteiger partial charge in [-0.15, -0.1) is 0 Å². The van der Waals surface area contributed by atoms with Gasteiger partial charge in [-0.1, -0.05) is 0 Å². The van der Waals surface area contributed by atoms with Crippen LogP contribution >= 0.6 is 0 Å². The third-order valence-electron chi connectivity index (χ3n) is 4.18. The molecule has 162 valence electrons. The highest BCUT2D eigenvalue weighted by Gasteiger charge is 2.20. The lowest BCUT2D eigenvalue weighted by Crippen LogP contribution is -2.01. The van der Waals surface area contributed by atoms with Crippen molar-refractivity contribution in [1.82, 2.24) is 0 Å². The highest BCUT2D eigenvalue weighted by Crippen LogP contribution is 2.39. The normalized spacial score (nSPS) is 11.8. The number of hydrogen-bond acceptors (Lipinski definition) is 8. The minimum atomic E-state index is -1.54. The van der Waals surface area contributed by atoms with Gasteiger partial charge in [0.25, 0.3) is 5.69 Å². The molecule has 0 saturated carbocycles. The Balaban J connectivity index is 2.31. The van der Waals surface area contributed by atoms with E-state index in [2.05, 4.69) is 0 Å². The van der Waals surface area contributed by atoms with Crippen molar-refractivity contribution in [3.63, 3.8) is 0 Å². The Morgan fingerprint density at radius 3 is 1.87 bits per heavy atom. The number of nitro benzene ring substituents is 1. The fraction of sp³-hybridized carbons (Fsp3) is 0.300. The molecule has 0 amide bonds. The van der Waals surface area contributed by atoms with Gasteiger partial charge in [-0.05, 0) is 29.8 Å². The van der Waals surface area contributed by atoms with Crippen LogP contribution in [0.2, 0.25) is 0 Å². The third kappa shape index (κ3) is 5.20. The van der Waals surface area contributed by atoms with Crippen LogP contribution in [-0.2, 0) is 16.6 Å². The number of nitrogens with zero attached hydrogens (tertiary/aromatic N) is 1. The van der Waals surface area contributed by atoms with Gasteiger partial charge in [0.2, 0.25) is 5.75 Å². The second kappa shape index (κ2) is 10.5. The Hall–Kier alpha value is -3.27. The van der Waals surface area contributed by atoms with Crippen LogP contribution in [0.5, 0.6) is 28.7 Å². The molecule has 1 atom stereocenters.